The first-order chi connectivity index (χ1) is 7.58. The lowest BCUT2D eigenvalue weighted by molar-refractivity contribution is 0.670. The van der Waals surface area contributed by atoms with E-state index in [1.165, 1.54) is 6.07 Å². The fraction of sp³-hybridized carbons (Fsp3) is 0.300. The minimum absolute atomic E-state index is 0.0520. The van der Waals surface area contributed by atoms with E-state index in [4.69, 9.17) is 0 Å². The zero-order valence-electron chi connectivity index (χ0n) is 9.01. The molecule has 0 unspecified atom stereocenters. The standard InChI is InChI=1S/C10H11BrN4O/c1-7-12-13-9(14(7)2)6-15-5-8(11)3-4-10(15)16/h3-5H,6H2,1-2H3. The van der Waals surface area contributed by atoms with E-state index in [0.29, 0.717) is 6.54 Å². The fourth-order valence-electron chi connectivity index (χ4n) is 1.37. The normalized spacial score (nSPS) is 10.7. The molecule has 0 fully saturated rings. The third kappa shape index (κ3) is 2.06. The van der Waals surface area contributed by atoms with Gasteiger partial charge in [0.25, 0.3) is 5.56 Å². The smallest absolute Gasteiger partial charge is 0.250 e. The Balaban J connectivity index is 2.37. The van der Waals surface area contributed by atoms with Crippen LogP contribution in [0.3, 0.4) is 0 Å². The maximum atomic E-state index is 11.6. The van der Waals surface area contributed by atoms with Crippen molar-refractivity contribution in [2.24, 2.45) is 7.05 Å². The van der Waals surface area contributed by atoms with Gasteiger partial charge in [0.05, 0.1) is 6.54 Å². The molecule has 0 bridgehead atoms. The molecule has 0 radical (unpaired) electrons. The summed E-state index contributed by atoms with van der Waals surface area (Å²) < 4.78 is 4.33. The summed E-state index contributed by atoms with van der Waals surface area (Å²) in [5, 5.41) is 7.97. The first-order valence-electron chi connectivity index (χ1n) is 4.79. The molecule has 16 heavy (non-hydrogen) atoms. The van der Waals surface area contributed by atoms with Crippen LogP contribution in [0.2, 0.25) is 0 Å². The summed E-state index contributed by atoms with van der Waals surface area (Å²) in [5.41, 5.74) is -0.0520. The predicted molar refractivity (Wildman–Crippen MR) is 63.2 cm³/mol. The van der Waals surface area contributed by atoms with Crippen LogP contribution < -0.4 is 5.56 Å². The van der Waals surface area contributed by atoms with Crippen molar-refractivity contribution in [3.63, 3.8) is 0 Å². The molecule has 6 heteroatoms. The van der Waals surface area contributed by atoms with Crippen molar-refractivity contribution in [3.8, 4) is 0 Å². The highest BCUT2D eigenvalue weighted by Crippen LogP contribution is 2.06. The monoisotopic (exact) mass is 282 g/mol. The van der Waals surface area contributed by atoms with Gasteiger partial charge in [-0.2, -0.15) is 0 Å². The number of hydrogen-bond acceptors (Lipinski definition) is 3. The molecule has 0 atom stereocenters. The van der Waals surface area contributed by atoms with E-state index in [1.54, 1.807) is 16.8 Å². The van der Waals surface area contributed by atoms with Gasteiger partial charge in [0.15, 0.2) is 5.82 Å². The van der Waals surface area contributed by atoms with Crippen LogP contribution in [-0.4, -0.2) is 19.3 Å². The summed E-state index contributed by atoms with van der Waals surface area (Å²) in [7, 11) is 1.88. The average molecular weight is 283 g/mol. The SMILES string of the molecule is Cc1nnc(Cn2cc(Br)ccc2=O)n1C. The lowest BCUT2D eigenvalue weighted by atomic mass is 10.4. The van der Waals surface area contributed by atoms with E-state index in [-0.39, 0.29) is 5.56 Å². The second kappa shape index (κ2) is 4.21. The van der Waals surface area contributed by atoms with Gasteiger partial charge in [0.1, 0.15) is 5.82 Å². The minimum atomic E-state index is -0.0520. The number of aryl methyl sites for hydroxylation is 1. The maximum Gasteiger partial charge on any atom is 0.250 e. The van der Waals surface area contributed by atoms with Crippen LogP contribution in [0.4, 0.5) is 0 Å². The molecular weight excluding hydrogens is 272 g/mol. The van der Waals surface area contributed by atoms with E-state index in [1.807, 2.05) is 18.5 Å². The van der Waals surface area contributed by atoms with Crippen LogP contribution in [0, 0.1) is 6.92 Å². The first-order valence-corrected chi connectivity index (χ1v) is 5.58. The number of nitrogens with zero attached hydrogens (tertiary/aromatic N) is 4. The van der Waals surface area contributed by atoms with Crippen molar-refractivity contribution in [1.82, 2.24) is 19.3 Å². The van der Waals surface area contributed by atoms with Gasteiger partial charge in [-0.25, -0.2) is 0 Å². The van der Waals surface area contributed by atoms with Crippen molar-refractivity contribution < 1.29 is 0 Å². The summed E-state index contributed by atoms with van der Waals surface area (Å²) >= 11 is 3.33. The number of pyridine rings is 1. The molecule has 0 aliphatic carbocycles. The number of aromatic nitrogens is 4. The van der Waals surface area contributed by atoms with Gasteiger partial charge in [-0.05, 0) is 28.9 Å². The number of hydrogen-bond donors (Lipinski definition) is 0. The molecule has 2 heterocycles. The van der Waals surface area contributed by atoms with Gasteiger partial charge in [0, 0.05) is 23.8 Å². The summed E-state index contributed by atoms with van der Waals surface area (Å²) in [6.45, 7) is 2.30. The second-order valence-corrected chi connectivity index (χ2v) is 4.45. The summed E-state index contributed by atoms with van der Waals surface area (Å²) in [5.74, 6) is 1.59. The molecule has 84 valence electrons. The van der Waals surface area contributed by atoms with Crippen molar-refractivity contribution in [2.45, 2.75) is 13.5 Å². The van der Waals surface area contributed by atoms with E-state index in [0.717, 1.165) is 16.1 Å². The van der Waals surface area contributed by atoms with Gasteiger partial charge in [0.2, 0.25) is 0 Å². The lowest BCUT2D eigenvalue weighted by Crippen LogP contribution is -2.20. The summed E-state index contributed by atoms with van der Waals surface area (Å²) in [4.78, 5) is 11.6. The molecule has 0 saturated heterocycles. The van der Waals surface area contributed by atoms with Crippen molar-refractivity contribution in [3.05, 3.63) is 44.8 Å². The zero-order valence-corrected chi connectivity index (χ0v) is 10.6. The van der Waals surface area contributed by atoms with Crippen LogP contribution in [0.5, 0.6) is 0 Å². The van der Waals surface area contributed by atoms with Crippen molar-refractivity contribution >= 4 is 15.9 Å². The molecular formula is C10H11BrN4O. The molecule has 2 rings (SSSR count). The predicted octanol–water partition coefficient (Wildman–Crippen LogP) is 1.10. The third-order valence-electron chi connectivity index (χ3n) is 2.44. The average Bonchev–Trinajstić information content (AvgIpc) is 2.55. The van der Waals surface area contributed by atoms with Gasteiger partial charge in [-0.15, -0.1) is 10.2 Å². The number of halogens is 1. The minimum Gasteiger partial charge on any atom is -0.317 e. The van der Waals surface area contributed by atoms with E-state index >= 15 is 0 Å². The molecule has 2 aromatic heterocycles. The Kier molecular flexibility index (Phi) is 2.91. The van der Waals surface area contributed by atoms with Crippen LogP contribution in [-0.2, 0) is 13.6 Å². The summed E-state index contributed by atoms with van der Waals surface area (Å²) in [6, 6.07) is 3.24. The largest absolute Gasteiger partial charge is 0.317 e. The Morgan fingerprint density at radius 1 is 1.38 bits per heavy atom. The Bertz CT molecular complexity index is 572. The third-order valence-corrected chi connectivity index (χ3v) is 2.91. The Labute approximate surface area is 101 Å². The van der Waals surface area contributed by atoms with E-state index in [9.17, 15) is 4.79 Å². The second-order valence-electron chi connectivity index (χ2n) is 3.54. The zero-order chi connectivity index (χ0) is 11.7. The molecule has 0 spiro atoms. The molecule has 0 amide bonds. The van der Waals surface area contributed by atoms with Crippen LogP contribution in [0.25, 0.3) is 0 Å². The highest BCUT2D eigenvalue weighted by molar-refractivity contribution is 9.10. The van der Waals surface area contributed by atoms with Gasteiger partial charge < -0.3 is 9.13 Å². The van der Waals surface area contributed by atoms with E-state index < -0.39 is 0 Å². The highest BCUT2D eigenvalue weighted by Gasteiger charge is 2.06. The molecule has 0 aliphatic heterocycles. The summed E-state index contributed by atoms with van der Waals surface area (Å²) in [6.07, 6.45) is 1.74. The van der Waals surface area contributed by atoms with Gasteiger partial charge >= 0.3 is 0 Å². The van der Waals surface area contributed by atoms with Gasteiger partial charge in [-0.1, -0.05) is 0 Å². The fourth-order valence-corrected chi connectivity index (χ4v) is 1.75. The Morgan fingerprint density at radius 3 is 2.75 bits per heavy atom. The Hall–Kier alpha value is -1.43. The molecule has 0 aliphatic rings. The topological polar surface area (TPSA) is 52.7 Å². The lowest BCUT2D eigenvalue weighted by Gasteiger charge is -2.05. The van der Waals surface area contributed by atoms with Crippen LogP contribution in [0.1, 0.15) is 11.6 Å². The molecule has 2 aromatic rings. The molecule has 0 saturated carbocycles. The molecule has 0 N–H and O–H groups in total. The quantitative estimate of drug-likeness (QED) is 0.829. The van der Waals surface area contributed by atoms with E-state index in [2.05, 4.69) is 26.1 Å². The molecule has 5 nitrogen and oxygen atoms in total. The van der Waals surface area contributed by atoms with Crippen LogP contribution in [0.15, 0.2) is 27.6 Å². The van der Waals surface area contributed by atoms with Gasteiger partial charge in [-0.3, -0.25) is 4.79 Å². The highest BCUT2D eigenvalue weighted by atomic mass is 79.9. The molecule has 0 aromatic carbocycles. The van der Waals surface area contributed by atoms with Crippen LogP contribution >= 0.6 is 15.9 Å². The first kappa shape index (κ1) is 11.1. The number of rotatable bonds is 2. The maximum absolute atomic E-state index is 11.6. The Morgan fingerprint density at radius 2 is 2.12 bits per heavy atom. The van der Waals surface area contributed by atoms with Crippen molar-refractivity contribution in [2.75, 3.05) is 0 Å². The van der Waals surface area contributed by atoms with Crippen molar-refractivity contribution in [1.29, 1.82) is 0 Å².